The van der Waals surface area contributed by atoms with Crippen LogP contribution < -0.4 is 10.5 Å². The fourth-order valence-corrected chi connectivity index (χ4v) is 1.51. The molecule has 0 spiro atoms. The molecule has 0 atom stereocenters. The molecule has 2 N–H and O–H groups in total. The van der Waals surface area contributed by atoms with Gasteiger partial charge in [0.05, 0.1) is 6.61 Å². The Morgan fingerprint density at radius 1 is 1.28 bits per heavy atom. The van der Waals surface area contributed by atoms with Gasteiger partial charge in [0.2, 0.25) is 5.82 Å². The first kappa shape index (κ1) is 12.3. The topological polar surface area (TPSA) is 53.1 Å². The molecular weight excluding hydrogens is 240 g/mol. The van der Waals surface area contributed by atoms with Crippen LogP contribution in [-0.2, 0) is 6.54 Å². The molecule has 0 radical (unpaired) electrons. The number of nitrogens with two attached hydrogens (primary N) is 1. The number of anilines is 1. The van der Waals surface area contributed by atoms with Gasteiger partial charge in [-0.2, -0.15) is 9.49 Å². The molecule has 0 amide bonds. The number of aryl methyl sites for hydroxylation is 1. The van der Waals surface area contributed by atoms with Gasteiger partial charge in [0, 0.05) is 19.2 Å². The second-order valence-electron chi connectivity index (χ2n) is 3.76. The van der Waals surface area contributed by atoms with Crippen molar-refractivity contribution in [1.29, 1.82) is 0 Å². The summed E-state index contributed by atoms with van der Waals surface area (Å²) in [5.74, 6) is -1.49. The minimum atomic E-state index is -0.958. The average molecular weight is 253 g/mol. The van der Waals surface area contributed by atoms with Gasteiger partial charge in [-0.05, 0) is 18.2 Å². The summed E-state index contributed by atoms with van der Waals surface area (Å²) in [6.45, 7) is 0.883. The predicted molar refractivity (Wildman–Crippen MR) is 63.1 cm³/mol. The fraction of sp³-hybridized carbons (Fsp3) is 0.250. The van der Waals surface area contributed by atoms with Gasteiger partial charge in [-0.25, -0.2) is 4.39 Å². The first-order chi connectivity index (χ1) is 8.66. The lowest BCUT2D eigenvalue weighted by Crippen LogP contribution is -2.06. The highest BCUT2D eigenvalue weighted by Gasteiger charge is 2.08. The third-order valence-corrected chi connectivity index (χ3v) is 2.37. The first-order valence-corrected chi connectivity index (χ1v) is 5.52. The maximum Gasteiger partial charge on any atom is 0.200 e. The van der Waals surface area contributed by atoms with Crippen molar-refractivity contribution in [2.45, 2.75) is 13.0 Å². The average Bonchev–Trinajstić information content (AvgIpc) is 2.76. The smallest absolute Gasteiger partial charge is 0.200 e. The van der Waals surface area contributed by atoms with Crippen LogP contribution in [0.3, 0.4) is 0 Å². The van der Waals surface area contributed by atoms with E-state index in [4.69, 9.17) is 10.5 Å². The number of ether oxygens (including phenoxy) is 1. The molecule has 0 unspecified atom stereocenters. The van der Waals surface area contributed by atoms with E-state index in [2.05, 4.69) is 5.10 Å². The van der Waals surface area contributed by atoms with Gasteiger partial charge in [-0.3, -0.25) is 4.68 Å². The molecule has 0 aliphatic rings. The van der Waals surface area contributed by atoms with E-state index in [0.29, 0.717) is 18.8 Å². The molecule has 2 aromatic rings. The molecular formula is C12H13F2N3O. The molecule has 18 heavy (non-hydrogen) atoms. The molecule has 0 saturated carbocycles. The van der Waals surface area contributed by atoms with Gasteiger partial charge in [-0.1, -0.05) is 6.07 Å². The summed E-state index contributed by atoms with van der Waals surface area (Å²) in [5, 5.41) is 3.99. The maximum absolute atomic E-state index is 13.2. The van der Waals surface area contributed by atoms with E-state index in [1.54, 1.807) is 16.9 Å². The van der Waals surface area contributed by atoms with Crippen LogP contribution in [0.5, 0.6) is 5.75 Å². The second-order valence-corrected chi connectivity index (χ2v) is 3.76. The standard InChI is InChI=1S/C12H13F2N3O/c13-9-3-1-4-10(12(9)14)18-8-2-6-17-7-5-11(15)16-17/h1,3-5,7H,2,6,8H2,(H2,15,16). The monoisotopic (exact) mass is 253 g/mol. The zero-order chi connectivity index (χ0) is 13.0. The number of nitrogens with zero attached hydrogens (tertiary/aromatic N) is 2. The number of hydrogen-bond donors (Lipinski definition) is 1. The molecule has 1 heterocycles. The van der Waals surface area contributed by atoms with E-state index in [9.17, 15) is 8.78 Å². The van der Waals surface area contributed by atoms with Crippen molar-refractivity contribution in [3.8, 4) is 5.75 Å². The van der Waals surface area contributed by atoms with Crippen molar-refractivity contribution in [2.24, 2.45) is 0 Å². The van der Waals surface area contributed by atoms with Crippen molar-refractivity contribution in [2.75, 3.05) is 12.3 Å². The summed E-state index contributed by atoms with van der Waals surface area (Å²) in [6, 6.07) is 5.54. The molecule has 1 aromatic carbocycles. The lowest BCUT2D eigenvalue weighted by atomic mass is 10.3. The summed E-state index contributed by atoms with van der Waals surface area (Å²) in [4.78, 5) is 0. The SMILES string of the molecule is Nc1ccn(CCCOc2cccc(F)c2F)n1. The minimum absolute atomic E-state index is 0.0741. The van der Waals surface area contributed by atoms with Crippen molar-refractivity contribution >= 4 is 5.82 Å². The Hall–Kier alpha value is -2.11. The van der Waals surface area contributed by atoms with Crippen LogP contribution >= 0.6 is 0 Å². The van der Waals surface area contributed by atoms with Crippen LogP contribution in [0.4, 0.5) is 14.6 Å². The Balaban J connectivity index is 1.80. The summed E-state index contributed by atoms with van der Waals surface area (Å²) >= 11 is 0. The molecule has 4 nitrogen and oxygen atoms in total. The number of benzene rings is 1. The van der Waals surface area contributed by atoms with Crippen LogP contribution in [0.2, 0.25) is 0 Å². The number of nitrogen functional groups attached to an aromatic ring is 1. The zero-order valence-electron chi connectivity index (χ0n) is 9.64. The van der Waals surface area contributed by atoms with E-state index in [1.807, 2.05) is 0 Å². The van der Waals surface area contributed by atoms with E-state index >= 15 is 0 Å². The fourth-order valence-electron chi connectivity index (χ4n) is 1.51. The van der Waals surface area contributed by atoms with E-state index in [0.717, 1.165) is 6.07 Å². The van der Waals surface area contributed by atoms with Gasteiger partial charge >= 0.3 is 0 Å². The van der Waals surface area contributed by atoms with Crippen LogP contribution in [0.25, 0.3) is 0 Å². The normalized spacial score (nSPS) is 10.6. The third-order valence-electron chi connectivity index (χ3n) is 2.37. The Morgan fingerprint density at radius 3 is 2.83 bits per heavy atom. The second kappa shape index (κ2) is 5.48. The van der Waals surface area contributed by atoms with E-state index < -0.39 is 11.6 Å². The van der Waals surface area contributed by atoms with Gasteiger partial charge in [0.15, 0.2) is 11.6 Å². The molecule has 0 bridgehead atoms. The van der Waals surface area contributed by atoms with Crippen molar-refractivity contribution in [3.05, 3.63) is 42.1 Å². The number of aromatic nitrogens is 2. The summed E-state index contributed by atoms with van der Waals surface area (Å²) in [7, 11) is 0. The lowest BCUT2D eigenvalue weighted by molar-refractivity contribution is 0.280. The third kappa shape index (κ3) is 2.97. The highest BCUT2D eigenvalue weighted by Crippen LogP contribution is 2.19. The van der Waals surface area contributed by atoms with Crippen LogP contribution in [-0.4, -0.2) is 16.4 Å². The summed E-state index contributed by atoms with van der Waals surface area (Å²) < 4.78 is 32.9. The van der Waals surface area contributed by atoms with Gasteiger partial charge in [-0.15, -0.1) is 0 Å². The molecule has 0 saturated heterocycles. The molecule has 1 aromatic heterocycles. The molecule has 6 heteroatoms. The summed E-state index contributed by atoms with van der Waals surface area (Å²) in [5.41, 5.74) is 5.46. The molecule has 0 aliphatic heterocycles. The molecule has 0 fully saturated rings. The Morgan fingerprint density at radius 2 is 2.11 bits per heavy atom. The van der Waals surface area contributed by atoms with E-state index in [1.165, 1.54) is 12.1 Å². The largest absolute Gasteiger partial charge is 0.490 e. The highest BCUT2D eigenvalue weighted by atomic mass is 19.2. The van der Waals surface area contributed by atoms with Gasteiger partial charge in [0.1, 0.15) is 5.82 Å². The maximum atomic E-state index is 13.2. The number of rotatable bonds is 5. The molecule has 0 aliphatic carbocycles. The summed E-state index contributed by atoms with van der Waals surface area (Å²) in [6.07, 6.45) is 2.37. The van der Waals surface area contributed by atoms with Crippen LogP contribution in [0, 0.1) is 11.6 Å². The Labute approximate surface area is 103 Å². The highest BCUT2D eigenvalue weighted by molar-refractivity contribution is 5.25. The number of halogens is 2. The quantitative estimate of drug-likeness (QED) is 0.831. The lowest BCUT2D eigenvalue weighted by Gasteiger charge is -2.07. The molecule has 2 rings (SSSR count). The van der Waals surface area contributed by atoms with Crippen LogP contribution in [0.1, 0.15) is 6.42 Å². The predicted octanol–water partition coefficient (Wildman–Crippen LogP) is 2.21. The van der Waals surface area contributed by atoms with Crippen molar-refractivity contribution in [3.63, 3.8) is 0 Å². The Bertz CT molecular complexity index is 528. The number of hydrogen-bond acceptors (Lipinski definition) is 3. The van der Waals surface area contributed by atoms with Crippen LogP contribution in [0.15, 0.2) is 30.5 Å². The van der Waals surface area contributed by atoms with Gasteiger partial charge < -0.3 is 10.5 Å². The Kier molecular flexibility index (Phi) is 3.76. The minimum Gasteiger partial charge on any atom is -0.490 e. The first-order valence-electron chi connectivity index (χ1n) is 5.52. The molecule has 96 valence electrons. The zero-order valence-corrected chi connectivity index (χ0v) is 9.64. The van der Waals surface area contributed by atoms with Gasteiger partial charge in [0.25, 0.3) is 0 Å². The van der Waals surface area contributed by atoms with Crippen molar-refractivity contribution < 1.29 is 13.5 Å². The van der Waals surface area contributed by atoms with Crippen molar-refractivity contribution in [1.82, 2.24) is 9.78 Å². The van der Waals surface area contributed by atoms with E-state index in [-0.39, 0.29) is 12.4 Å².